The minimum absolute atomic E-state index is 0.326. The summed E-state index contributed by atoms with van der Waals surface area (Å²) in [6.07, 6.45) is 4.57. The second-order valence-corrected chi connectivity index (χ2v) is 6.23. The first-order valence-corrected chi connectivity index (χ1v) is 8.73. The predicted molar refractivity (Wildman–Crippen MR) is 105 cm³/mol. The van der Waals surface area contributed by atoms with Crippen LogP contribution in [0.25, 0.3) is 0 Å². The van der Waals surface area contributed by atoms with Gasteiger partial charge in [0, 0.05) is 22.4 Å². The molecule has 0 atom stereocenters. The van der Waals surface area contributed by atoms with Crippen LogP contribution in [0.1, 0.15) is 26.3 Å². The van der Waals surface area contributed by atoms with E-state index in [1.807, 2.05) is 6.07 Å². The molecule has 134 valence electrons. The van der Waals surface area contributed by atoms with Crippen molar-refractivity contribution in [3.63, 3.8) is 0 Å². The van der Waals surface area contributed by atoms with Gasteiger partial charge in [0.05, 0.1) is 11.8 Å². The molecular formula is C20H14BrN3O3. The summed E-state index contributed by atoms with van der Waals surface area (Å²) in [5.74, 6) is -0.366. The summed E-state index contributed by atoms with van der Waals surface area (Å²) in [6, 6.07) is 17.0. The normalized spacial score (nSPS) is 10.6. The summed E-state index contributed by atoms with van der Waals surface area (Å²) in [5, 5.41) is 3.91. The maximum absolute atomic E-state index is 12.2. The molecular weight excluding hydrogens is 410 g/mol. The molecule has 1 N–H and O–H groups in total. The molecule has 1 heterocycles. The van der Waals surface area contributed by atoms with Gasteiger partial charge < -0.3 is 4.74 Å². The smallest absolute Gasteiger partial charge is 0.344 e. The molecule has 1 aromatic heterocycles. The van der Waals surface area contributed by atoms with Crippen molar-refractivity contribution in [3.8, 4) is 5.75 Å². The van der Waals surface area contributed by atoms with Gasteiger partial charge >= 0.3 is 5.97 Å². The van der Waals surface area contributed by atoms with Crippen LogP contribution in [-0.2, 0) is 0 Å². The highest BCUT2D eigenvalue weighted by Crippen LogP contribution is 2.19. The number of ether oxygens (including phenoxy) is 1. The number of hydrazone groups is 1. The Morgan fingerprint density at radius 1 is 1.00 bits per heavy atom. The van der Waals surface area contributed by atoms with E-state index < -0.39 is 5.97 Å². The Morgan fingerprint density at radius 2 is 1.70 bits per heavy atom. The van der Waals surface area contributed by atoms with Crippen molar-refractivity contribution in [1.82, 2.24) is 10.4 Å². The fraction of sp³-hybridized carbons (Fsp3) is 0. The van der Waals surface area contributed by atoms with E-state index in [2.05, 4.69) is 31.4 Å². The quantitative estimate of drug-likeness (QED) is 0.292. The number of nitrogens with zero attached hydrogens (tertiary/aromatic N) is 2. The zero-order valence-electron chi connectivity index (χ0n) is 14.0. The van der Waals surface area contributed by atoms with Gasteiger partial charge in [-0.1, -0.05) is 12.1 Å². The summed E-state index contributed by atoms with van der Waals surface area (Å²) in [7, 11) is 0. The number of carbonyl (C=O) groups excluding carboxylic acids is 2. The van der Waals surface area contributed by atoms with E-state index in [-0.39, 0.29) is 5.91 Å². The lowest BCUT2D eigenvalue weighted by molar-refractivity contribution is 0.0733. The van der Waals surface area contributed by atoms with Crippen LogP contribution in [-0.4, -0.2) is 23.1 Å². The molecule has 0 aliphatic carbocycles. The van der Waals surface area contributed by atoms with Crippen LogP contribution in [0.2, 0.25) is 0 Å². The summed E-state index contributed by atoms with van der Waals surface area (Å²) in [5.41, 5.74) is 4.09. The van der Waals surface area contributed by atoms with E-state index >= 15 is 0 Å². The number of amides is 1. The Kier molecular flexibility index (Phi) is 6.06. The van der Waals surface area contributed by atoms with E-state index in [9.17, 15) is 9.59 Å². The second kappa shape index (κ2) is 8.86. The molecule has 0 aliphatic heterocycles. The zero-order chi connectivity index (χ0) is 19.1. The van der Waals surface area contributed by atoms with Gasteiger partial charge in [0.1, 0.15) is 5.75 Å². The van der Waals surface area contributed by atoms with Crippen molar-refractivity contribution in [2.24, 2.45) is 5.10 Å². The van der Waals surface area contributed by atoms with E-state index in [4.69, 9.17) is 4.74 Å². The maximum atomic E-state index is 12.2. The summed E-state index contributed by atoms with van der Waals surface area (Å²) in [6.45, 7) is 0. The Morgan fingerprint density at radius 3 is 2.41 bits per heavy atom. The number of hydrogen-bond donors (Lipinski definition) is 1. The van der Waals surface area contributed by atoms with Gasteiger partial charge in [0.15, 0.2) is 0 Å². The van der Waals surface area contributed by atoms with E-state index in [1.54, 1.807) is 54.6 Å². The molecule has 7 heteroatoms. The summed E-state index contributed by atoms with van der Waals surface area (Å²) in [4.78, 5) is 27.9. The molecule has 0 saturated carbocycles. The zero-order valence-corrected chi connectivity index (χ0v) is 15.6. The molecule has 3 rings (SSSR count). The number of pyridine rings is 1. The molecule has 0 unspecified atom stereocenters. The number of benzene rings is 2. The highest BCUT2D eigenvalue weighted by molar-refractivity contribution is 9.10. The van der Waals surface area contributed by atoms with Gasteiger partial charge in [-0.15, -0.1) is 0 Å². The number of aromatic nitrogens is 1. The van der Waals surface area contributed by atoms with Crippen LogP contribution >= 0.6 is 15.9 Å². The van der Waals surface area contributed by atoms with Crippen LogP contribution in [0, 0.1) is 0 Å². The first-order chi connectivity index (χ1) is 13.1. The molecule has 0 saturated heterocycles. The number of hydrogen-bond acceptors (Lipinski definition) is 5. The van der Waals surface area contributed by atoms with Crippen molar-refractivity contribution >= 4 is 34.0 Å². The van der Waals surface area contributed by atoms with E-state index in [0.717, 1.165) is 5.56 Å². The van der Waals surface area contributed by atoms with Crippen molar-refractivity contribution in [3.05, 3.63) is 94.2 Å². The van der Waals surface area contributed by atoms with Gasteiger partial charge in [-0.05, 0) is 70.0 Å². The van der Waals surface area contributed by atoms with Crippen LogP contribution in [0.5, 0.6) is 5.75 Å². The molecule has 1 amide bonds. The van der Waals surface area contributed by atoms with Gasteiger partial charge in [-0.25, -0.2) is 10.2 Å². The van der Waals surface area contributed by atoms with Gasteiger partial charge in [-0.2, -0.15) is 5.10 Å². The van der Waals surface area contributed by atoms with Crippen molar-refractivity contribution in [2.45, 2.75) is 0 Å². The maximum Gasteiger partial charge on any atom is 0.344 e. The van der Waals surface area contributed by atoms with Crippen LogP contribution < -0.4 is 10.2 Å². The summed E-state index contributed by atoms with van der Waals surface area (Å²) < 4.78 is 6.02. The molecule has 0 aliphatic rings. The van der Waals surface area contributed by atoms with E-state index in [0.29, 0.717) is 21.3 Å². The number of esters is 1. The third-order valence-corrected chi connectivity index (χ3v) is 4.20. The topological polar surface area (TPSA) is 80.6 Å². The van der Waals surface area contributed by atoms with Gasteiger partial charge in [0.25, 0.3) is 5.91 Å². The molecule has 0 fully saturated rings. The monoisotopic (exact) mass is 423 g/mol. The lowest BCUT2D eigenvalue weighted by Gasteiger charge is -2.06. The molecule has 0 radical (unpaired) electrons. The molecule has 0 bridgehead atoms. The number of rotatable bonds is 5. The first kappa shape index (κ1) is 18.5. The minimum atomic E-state index is -0.450. The molecule has 3 aromatic rings. The SMILES string of the molecule is O=C(N/N=C/c1ccc(OC(=O)c2ccccc2Br)cc1)c1ccncc1. The van der Waals surface area contributed by atoms with Crippen molar-refractivity contribution in [2.75, 3.05) is 0 Å². The van der Waals surface area contributed by atoms with Crippen LogP contribution in [0.4, 0.5) is 0 Å². The molecule has 27 heavy (non-hydrogen) atoms. The number of carbonyl (C=O) groups is 2. The van der Waals surface area contributed by atoms with Crippen LogP contribution in [0.15, 0.2) is 82.6 Å². The highest BCUT2D eigenvalue weighted by atomic mass is 79.9. The second-order valence-electron chi connectivity index (χ2n) is 5.37. The standard InChI is InChI=1S/C20H14BrN3O3/c21-18-4-2-1-3-17(18)20(26)27-16-7-5-14(6-8-16)13-23-24-19(25)15-9-11-22-12-10-15/h1-13H,(H,24,25)/b23-13+. The van der Waals surface area contributed by atoms with E-state index in [1.165, 1.54) is 18.6 Å². The Labute approximate surface area is 164 Å². The molecule has 0 spiro atoms. The third-order valence-electron chi connectivity index (χ3n) is 3.51. The lowest BCUT2D eigenvalue weighted by Crippen LogP contribution is -2.17. The molecule has 6 nitrogen and oxygen atoms in total. The number of nitrogens with one attached hydrogen (secondary N) is 1. The highest BCUT2D eigenvalue weighted by Gasteiger charge is 2.11. The predicted octanol–water partition coefficient (Wildman–Crippen LogP) is 3.83. The van der Waals surface area contributed by atoms with Crippen molar-refractivity contribution in [1.29, 1.82) is 0 Å². The van der Waals surface area contributed by atoms with Crippen LogP contribution in [0.3, 0.4) is 0 Å². The minimum Gasteiger partial charge on any atom is -0.423 e. The Balaban J connectivity index is 1.58. The largest absolute Gasteiger partial charge is 0.423 e. The number of halogens is 1. The molecule has 2 aromatic carbocycles. The fourth-order valence-corrected chi connectivity index (χ4v) is 2.59. The van der Waals surface area contributed by atoms with Gasteiger partial charge in [0.2, 0.25) is 0 Å². The Hall–Kier alpha value is -3.32. The fourth-order valence-electron chi connectivity index (χ4n) is 2.14. The summed E-state index contributed by atoms with van der Waals surface area (Å²) >= 11 is 3.32. The first-order valence-electron chi connectivity index (χ1n) is 7.94. The lowest BCUT2D eigenvalue weighted by atomic mass is 10.2. The third kappa shape index (κ3) is 5.08. The van der Waals surface area contributed by atoms with Crippen molar-refractivity contribution < 1.29 is 14.3 Å². The average molecular weight is 424 g/mol. The average Bonchev–Trinajstić information content (AvgIpc) is 2.70. The Bertz CT molecular complexity index is 973. The van der Waals surface area contributed by atoms with Gasteiger partial charge in [-0.3, -0.25) is 9.78 Å².